The van der Waals surface area contributed by atoms with Gasteiger partial charge in [-0.3, -0.25) is 29.2 Å². The molecule has 2 aliphatic heterocycles. The molecule has 5 rings (SSSR count). The predicted octanol–water partition coefficient (Wildman–Crippen LogP) is 1.97. The second kappa shape index (κ2) is 7.44. The Labute approximate surface area is 174 Å². The number of carbonyl (C=O) groups excluding carboxylic acids is 3. The summed E-state index contributed by atoms with van der Waals surface area (Å²) < 4.78 is 0. The molecule has 4 aliphatic rings. The summed E-state index contributed by atoms with van der Waals surface area (Å²) in [5, 5.41) is 0.701. The van der Waals surface area contributed by atoms with E-state index in [2.05, 4.69) is 29.3 Å². The number of benzene rings is 1. The third-order valence-corrected chi connectivity index (χ3v) is 7.42. The Kier molecular flexibility index (Phi) is 4.78. The Morgan fingerprint density at radius 2 is 1.76 bits per heavy atom. The normalized spacial score (nSPS) is 31.4. The second-order valence-electron chi connectivity index (χ2n) is 8.06. The van der Waals surface area contributed by atoms with Crippen LogP contribution < -0.4 is 0 Å². The van der Waals surface area contributed by atoms with Crippen LogP contribution in [-0.2, 0) is 20.8 Å². The highest BCUT2D eigenvalue weighted by Gasteiger charge is 2.59. The highest BCUT2D eigenvalue weighted by molar-refractivity contribution is 8.14. The van der Waals surface area contributed by atoms with Crippen LogP contribution in [0.4, 0.5) is 0 Å². The maximum absolute atomic E-state index is 12.9. The summed E-state index contributed by atoms with van der Waals surface area (Å²) in [5.74, 6) is 0.0686. The molecule has 4 atom stereocenters. The molecule has 0 spiro atoms. The molecule has 0 N–H and O–H groups in total. The van der Waals surface area contributed by atoms with Gasteiger partial charge in [-0.1, -0.05) is 54.2 Å². The lowest BCUT2D eigenvalue weighted by atomic mass is 9.85. The lowest BCUT2D eigenvalue weighted by Crippen LogP contribution is -2.44. The van der Waals surface area contributed by atoms with Crippen LogP contribution in [0.2, 0.25) is 0 Å². The van der Waals surface area contributed by atoms with Crippen LogP contribution in [0.25, 0.3) is 0 Å². The van der Waals surface area contributed by atoms with Crippen molar-refractivity contribution in [3.8, 4) is 0 Å². The van der Waals surface area contributed by atoms with E-state index in [-0.39, 0.29) is 47.9 Å². The first kappa shape index (κ1) is 18.6. The van der Waals surface area contributed by atoms with Gasteiger partial charge in [0.1, 0.15) is 6.54 Å². The number of amides is 3. The summed E-state index contributed by atoms with van der Waals surface area (Å²) in [4.78, 5) is 46.0. The van der Waals surface area contributed by atoms with Crippen LogP contribution in [0.3, 0.4) is 0 Å². The number of hydrogen-bond donors (Lipinski definition) is 0. The minimum atomic E-state index is -0.253. The number of thioether (sulfide) groups is 1. The first-order valence-electron chi connectivity index (χ1n) is 10.2. The Balaban J connectivity index is 1.23. The molecule has 3 fully saturated rings. The number of rotatable bonds is 5. The summed E-state index contributed by atoms with van der Waals surface area (Å²) in [5.41, 5.74) is 1.21. The van der Waals surface area contributed by atoms with Crippen LogP contribution in [0, 0.1) is 23.7 Å². The molecule has 2 bridgehead atoms. The molecule has 2 heterocycles. The lowest BCUT2D eigenvalue weighted by molar-refractivity contribution is -0.145. The zero-order valence-electron chi connectivity index (χ0n) is 16.1. The average molecular weight is 410 g/mol. The molecule has 3 amide bonds. The van der Waals surface area contributed by atoms with Gasteiger partial charge in [0.25, 0.3) is 0 Å². The summed E-state index contributed by atoms with van der Waals surface area (Å²) in [6.07, 6.45) is 5.85. The number of aliphatic imine (C=N–C) groups is 1. The van der Waals surface area contributed by atoms with Gasteiger partial charge in [-0.25, -0.2) is 0 Å². The Morgan fingerprint density at radius 1 is 1.07 bits per heavy atom. The van der Waals surface area contributed by atoms with Crippen molar-refractivity contribution >= 4 is 34.7 Å². The number of likely N-dealkylation sites (tertiary alicyclic amines) is 1. The van der Waals surface area contributed by atoms with E-state index in [4.69, 9.17) is 0 Å². The van der Waals surface area contributed by atoms with Crippen molar-refractivity contribution in [2.45, 2.75) is 12.8 Å². The van der Waals surface area contributed by atoms with E-state index in [1.165, 1.54) is 10.5 Å². The van der Waals surface area contributed by atoms with Gasteiger partial charge in [-0.05, 0) is 30.2 Å². The summed E-state index contributed by atoms with van der Waals surface area (Å²) in [6.45, 7) is 1.02. The fourth-order valence-electron chi connectivity index (χ4n) is 5.03. The van der Waals surface area contributed by atoms with Gasteiger partial charge < -0.3 is 0 Å². The van der Waals surface area contributed by atoms with Gasteiger partial charge in [0.05, 0.1) is 11.8 Å². The molecule has 29 heavy (non-hydrogen) atoms. The highest BCUT2D eigenvalue weighted by atomic mass is 32.2. The molecule has 6 nitrogen and oxygen atoms in total. The lowest BCUT2D eigenvalue weighted by Gasteiger charge is -2.21. The highest BCUT2D eigenvalue weighted by Crippen LogP contribution is 2.52. The summed E-state index contributed by atoms with van der Waals surface area (Å²) in [6, 6.07) is 10.1. The first-order valence-corrected chi connectivity index (χ1v) is 11.2. The zero-order valence-corrected chi connectivity index (χ0v) is 16.9. The van der Waals surface area contributed by atoms with Gasteiger partial charge in [0.2, 0.25) is 17.7 Å². The Bertz CT molecular complexity index is 883. The van der Waals surface area contributed by atoms with Gasteiger partial charge >= 0.3 is 0 Å². The van der Waals surface area contributed by atoms with Crippen LogP contribution in [0.5, 0.6) is 0 Å². The van der Waals surface area contributed by atoms with Crippen molar-refractivity contribution in [1.82, 2.24) is 9.80 Å². The Hall–Kier alpha value is -2.41. The first-order chi connectivity index (χ1) is 14.1. The van der Waals surface area contributed by atoms with E-state index >= 15 is 0 Å². The van der Waals surface area contributed by atoms with Crippen LogP contribution >= 0.6 is 11.8 Å². The topological polar surface area (TPSA) is 70.1 Å². The maximum atomic E-state index is 12.9. The average Bonchev–Trinajstić information content (AvgIpc) is 3.50. The smallest absolute Gasteiger partial charge is 0.248 e. The van der Waals surface area contributed by atoms with Gasteiger partial charge in [-0.15, -0.1) is 0 Å². The van der Waals surface area contributed by atoms with E-state index in [9.17, 15) is 14.4 Å². The number of carbonyl (C=O) groups is 3. The molecule has 0 aromatic heterocycles. The van der Waals surface area contributed by atoms with Crippen molar-refractivity contribution in [1.29, 1.82) is 0 Å². The third-order valence-electron chi connectivity index (χ3n) is 6.42. The van der Waals surface area contributed by atoms with E-state index in [0.717, 1.165) is 18.6 Å². The fourth-order valence-corrected chi connectivity index (χ4v) is 6.02. The van der Waals surface area contributed by atoms with Crippen molar-refractivity contribution in [3.63, 3.8) is 0 Å². The number of imide groups is 1. The SMILES string of the molecule is O=C(CN1C(=O)[C@@H]2[C@@H](C1=O)[C@H]1C=C[C@H]2C1)N1CCSC1=NCCc1ccccc1. The van der Waals surface area contributed by atoms with Crippen LogP contribution in [0.15, 0.2) is 47.5 Å². The molecule has 2 saturated heterocycles. The largest absolute Gasteiger partial charge is 0.289 e. The molecule has 2 aliphatic carbocycles. The second-order valence-corrected chi connectivity index (χ2v) is 9.12. The van der Waals surface area contributed by atoms with E-state index in [1.807, 2.05) is 18.2 Å². The molecule has 150 valence electrons. The molecular weight excluding hydrogens is 386 g/mol. The molecule has 1 aromatic carbocycles. The van der Waals surface area contributed by atoms with Crippen molar-refractivity contribution in [3.05, 3.63) is 48.0 Å². The fraction of sp³-hybridized carbons (Fsp3) is 0.455. The summed E-state index contributed by atoms with van der Waals surface area (Å²) >= 11 is 1.56. The van der Waals surface area contributed by atoms with Gasteiger partial charge in [0.15, 0.2) is 5.17 Å². The molecule has 1 saturated carbocycles. The number of allylic oxidation sites excluding steroid dienone is 2. The van der Waals surface area contributed by atoms with E-state index in [0.29, 0.717) is 18.3 Å². The Morgan fingerprint density at radius 3 is 2.45 bits per heavy atom. The van der Waals surface area contributed by atoms with Gasteiger partial charge in [0, 0.05) is 18.8 Å². The van der Waals surface area contributed by atoms with Crippen molar-refractivity contribution in [2.75, 3.05) is 25.4 Å². The maximum Gasteiger partial charge on any atom is 0.248 e. The van der Waals surface area contributed by atoms with Gasteiger partial charge in [-0.2, -0.15) is 0 Å². The predicted molar refractivity (Wildman–Crippen MR) is 111 cm³/mol. The van der Waals surface area contributed by atoms with Crippen LogP contribution in [-0.4, -0.2) is 58.1 Å². The van der Waals surface area contributed by atoms with Crippen LogP contribution in [0.1, 0.15) is 12.0 Å². The minimum Gasteiger partial charge on any atom is -0.289 e. The number of fused-ring (bicyclic) bond motifs is 5. The molecule has 0 unspecified atom stereocenters. The minimum absolute atomic E-state index is 0.164. The molecule has 7 heteroatoms. The zero-order chi connectivity index (χ0) is 20.0. The number of nitrogens with zero attached hydrogens (tertiary/aromatic N) is 3. The van der Waals surface area contributed by atoms with E-state index < -0.39 is 0 Å². The van der Waals surface area contributed by atoms with Crippen molar-refractivity contribution < 1.29 is 14.4 Å². The van der Waals surface area contributed by atoms with Crippen molar-refractivity contribution in [2.24, 2.45) is 28.7 Å². The monoisotopic (exact) mass is 409 g/mol. The quantitative estimate of drug-likeness (QED) is 0.551. The summed E-state index contributed by atoms with van der Waals surface area (Å²) in [7, 11) is 0. The van der Waals surface area contributed by atoms with E-state index in [1.54, 1.807) is 16.7 Å². The standard InChI is InChI=1S/C22H23N3O3S/c26-17(13-25-20(27)18-15-6-7-16(12-15)19(18)21(25)28)24-10-11-29-22(24)23-9-8-14-4-2-1-3-5-14/h1-7,15-16,18-19H,8-13H2/t15-,16-,18-,19-/m0/s1. The molecular formula is C22H23N3O3S. The number of hydrogen-bond acceptors (Lipinski definition) is 5. The molecule has 0 radical (unpaired) electrons. The third kappa shape index (κ3) is 3.21. The number of amidine groups is 1. The molecule has 1 aromatic rings.